The quantitative estimate of drug-likeness (QED) is 0.663. The second kappa shape index (κ2) is 5.83. The SMILES string of the molecule is CC(C)(CNCC1(CO)CCCCC1)C(=O)O. The van der Waals surface area contributed by atoms with E-state index in [0.717, 1.165) is 19.4 Å². The van der Waals surface area contributed by atoms with Crippen LogP contribution in [0.3, 0.4) is 0 Å². The average Bonchev–Trinajstić information content (AvgIpc) is 2.30. The normalized spacial score (nSPS) is 20.2. The van der Waals surface area contributed by atoms with Crippen LogP contribution in [0.2, 0.25) is 0 Å². The van der Waals surface area contributed by atoms with Gasteiger partial charge in [-0.15, -0.1) is 0 Å². The summed E-state index contributed by atoms with van der Waals surface area (Å²) in [5.41, 5.74) is -0.766. The van der Waals surface area contributed by atoms with Crippen molar-refractivity contribution in [2.45, 2.75) is 46.0 Å². The van der Waals surface area contributed by atoms with Crippen LogP contribution in [0, 0.1) is 10.8 Å². The van der Waals surface area contributed by atoms with Crippen molar-refractivity contribution in [2.24, 2.45) is 10.8 Å². The van der Waals surface area contributed by atoms with Gasteiger partial charge in [-0.2, -0.15) is 0 Å². The first-order chi connectivity index (χ1) is 7.92. The molecule has 0 aromatic rings. The van der Waals surface area contributed by atoms with Crippen molar-refractivity contribution >= 4 is 5.97 Å². The van der Waals surface area contributed by atoms with Crippen molar-refractivity contribution in [3.8, 4) is 0 Å². The molecule has 4 heteroatoms. The average molecular weight is 243 g/mol. The smallest absolute Gasteiger partial charge is 0.310 e. The van der Waals surface area contributed by atoms with E-state index < -0.39 is 11.4 Å². The predicted octanol–water partition coefficient (Wildman–Crippen LogP) is 1.63. The van der Waals surface area contributed by atoms with Gasteiger partial charge in [0.15, 0.2) is 0 Å². The van der Waals surface area contributed by atoms with Crippen molar-refractivity contribution in [1.29, 1.82) is 0 Å². The van der Waals surface area contributed by atoms with Crippen LogP contribution in [0.15, 0.2) is 0 Å². The third-order valence-corrected chi connectivity index (χ3v) is 3.90. The highest BCUT2D eigenvalue weighted by Gasteiger charge is 2.33. The molecule has 0 saturated heterocycles. The van der Waals surface area contributed by atoms with Crippen LogP contribution in [-0.2, 0) is 4.79 Å². The van der Waals surface area contributed by atoms with E-state index >= 15 is 0 Å². The zero-order valence-corrected chi connectivity index (χ0v) is 11.0. The lowest BCUT2D eigenvalue weighted by atomic mass is 9.74. The minimum absolute atomic E-state index is 0.0210. The van der Waals surface area contributed by atoms with Gasteiger partial charge in [0.1, 0.15) is 0 Å². The molecule has 0 unspecified atom stereocenters. The molecule has 1 rings (SSSR count). The first-order valence-electron chi connectivity index (χ1n) is 6.47. The fourth-order valence-electron chi connectivity index (χ4n) is 2.41. The number of hydrogen-bond acceptors (Lipinski definition) is 3. The van der Waals surface area contributed by atoms with Crippen LogP contribution >= 0.6 is 0 Å². The summed E-state index contributed by atoms with van der Waals surface area (Å²) in [5, 5.41) is 21.8. The maximum Gasteiger partial charge on any atom is 0.310 e. The number of hydrogen-bond donors (Lipinski definition) is 3. The second-order valence-corrected chi connectivity index (χ2v) is 6.01. The van der Waals surface area contributed by atoms with Gasteiger partial charge in [-0.25, -0.2) is 0 Å². The zero-order valence-electron chi connectivity index (χ0n) is 11.0. The molecule has 0 atom stereocenters. The van der Waals surface area contributed by atoms with Gasteiger partial charge in [-0.1, -0.05) is 19.3 Å². The van der Waals surface area contributed by atoms with E-state index in [-0.39, 0.29) is 12.0 Å². The number of carboxylic acids is 1. The summed E-state index contributed by atoms with van der Waals surface area (Å²) in [5.74, 6) is -0.785. The van der Waals surface area contributed by atoms with Crippen molar-refractivity contribution in [3.05, 3.63) is 0 Å². The summed E-state index contributed by atoms with van der Waals surface area (Å²) in [4.78, 5) is 11.0. The molecule has 0 radical (unpaired) electrons. The molecule has 0 heterocycles. The van der Waals surface area contributed by atoms with E-state index in [0.29, 0.717) is 6.54 Å². The highest BCUT2D eigenvalue weighted by Crippen LogP contribution is 2.35. The molecule has 0 bridgehead atoms. The topological polar surface area (TPSA) is 69.6 Å². The highest BCUT2D eigenvalue weighted by atomic mass is 16.4. The van der Waals surface area contributed by atoms with Crippen molar-refractivity contribution in [1.82, 2.24) is 5.32 Å². The maximum absolute atomic E-state index is 11.0. The fourth-order valence-corrected chi connectivity index (χ4v) is 2.41. The molecule has 0 aromatic carbocycles. The Hall–Kier alpha value is -0.610. The van der Waals surface area contributed by atoms with Crippen LogP contribution in [-0.4, -0.2) is 35.9 Å². The molecule has 0 aromatic heterocycles. The van der Waals surface area contributed by atoms with Gasteiger partial charge in [-0.05, 0) is 26.7 Å². The van der Waals surface area contributed by atoms with E-state index in [1.165, 1.54) is 19.3 Å². The number of carbonyl (C=O) groups is 1. The van der Waals surface area contributed by atoms with Gasteiger partial charge < -0.3 is 15.5 Å². The van der Waals surface area contributed by atoms with Crippen molar-refractivity contribution < 1.29 is 15.0 Å². The largest absolute Gasteiger partial charge is 0.481 e. The molecule has 1 fully saturated rings. The Bertz CT molecular complexity index is 257. The number of carboxylic acid groups (broad SMARTS) is 1. The fraction of sp³-hybridized carbons (Fsp3) is 0.923. The Kier molecular flexibility index (Phi) is 4.95. The summed E-state index contributed by atoms with van der Waals surface area (Å²) in [6.07, 6.45) is 5.69. The Morgan fingerprint density at radius 3 is 2.35 bits per heavy atom. The molecular weight excluding hydrogens is 218 g/mol. The molecule has 17 heavy (non-hydrogen) atoms. The van der Waals surface area contributed by atoms with Crippen LogP contribution in [0.5, 0.6) is 0 Å². The highest BCUT2D eigenvalue weighted by molar-refractivity contribution is 5.73. The van der Waals surface area contributed by atoms with E-state index in [4.69, 9.17) is 5.11 Å². The van der Waals surface area contributed by atoms with Gasteiger partial charge in [-0.3, -0.25) is 4.79 Å². The molecule has 0 amide bonds. The molecule has 3 N–H and O–H groups in total. The van der Waals surface area contributed by atoms with E-state index in [1.54, 1.807) is 13.8 Å². The molecule has 1 aliphatic carbocycles. The van der Waals surface area contributed by atoms with Crippen LogP contribution in [0.4, 0.5) is 0 Å². The van der Waals surface area contributed by atoms with Gasteiger partial charge in [0.25, 0.3) is 0 Å². The molecule has 0 aliphatic heterocycles. The van der Waals surface area contributed by atoms with Gasteiger partial charge in [0.05, 0.1) is 5.41 Å². The van der Waals surface area contributed by atoms with Crippen LogP contribution in [0.1, 0.15) is 46.0 Å². The lowest BCUT2D eigenvalue weighted by Gasteiger charge is -2.36. The Balaban J connectivity index is 2.40. The summed E-state index contributed by atoms with van der Waals surface area (Å²) >= 11 is 0. The zero-order chi connectivity index (χ0) is 12.9. The number of aliphatic hydroxyl groups is 1. The first-order valence-corrected chi connectivity index (χ1v) is 6.47. The van der Waals surface area contributed by atoms with Gasteiger partial charge in [0.2, 0.25) is 0 Å². The first kappa shape index (κ1) is 14.5. The summed E-state index contributed by atoms with van der Waals surface area (Å²) in [6.45, 7) is 4.81. The lowest BCUT2D eigenvalue weighted by molar-refractivity contribution is -0.146. The Morgan fingerprint density at radius 2 is 1.88 bits per heavy atom. The number of aliphatic carboxylic acids is 1. The second-order valence-electron chi connectivity index (χ2n) is 6.01. The van der Waals surface area contributed by atoms with Gasteiger partial charge >= 0.3 is 5.97 Å². The minimum atomic E-state index is -0.785. The molecular formula is C13H25NO3. The summed E-state index contributed by atoms with van der Waals surface area (Å²) < 4.78 is 0. The summed E-state index contributed by atoms with van der Waals surface area (Å²) in [7, 11) is 0. The Morgan fingerprint density at radius 1 is 1.29 bits per heavy atom. The van der Waals surface area contributed by atoms with Crippen LogP contribution < -0.4 is 5.32 Å². The van der Waals surface area contributed by atoms with E-state index in [1.807, 2.05) is 0 Å². The van der Waals surface area contributed by atoms with Crippen molar-refractivity contribution in [2.75, 3.05) is 19.7 Å². The lowest BCUT2D eigenvalue weighted by Crippen LogP contribution is -2.44. The van der Waals surface area contributed by atoms with Gasteiger partial charge in [0, 0.05) is 25.1 Å². The number of rotatable bonds is 6. The molecule has 100 valence electrons. The van der Waals surface area contributed by atoms with Crippen LogP contribution in [0.25, 0.3) is 0 Å². The van der Waals surface area contributed by atoms with E-state index in [2.05, 4.69) is 5.32 Å². The minimum Gasteiger partial charge on any atom is -0.481 e. The third-order valence-electron chi connectivity index (χ3n) is 3.90. The predicted molar refractivity (Wildman–Crippen MR) is 66.9 cm³/mol. The standard InChI is InChI=1S/C13H25NO3/c1-12(2,11(16)17)8-14-9-13(10-15)6-4-3-5-7-13/h14-15H,3-10H2,1-2H3,(H,16,17). The molecule has 4 nitrogen and oxygen atoms in total. The summed E-state index contributed by atoms with van der Waals surface area (Å²) in [6, 6.07) is 0. The maximum atomic E-state index is 11.0. The Labute approximate surface area is 103 Å². The number of aliphatic hydroxyl groups excluding tert-OH is 1. The monoisotopic (exact) mass is 243 g/mol. The van der Waals surface area contributed by atoms with E-state index in [9.17, 15) is 9.90 Å². The molecule has 1 aliphatic rings. The molecule has 1 saturated carbocycles. The molecule has 0 spiro atoms. The number of nitrogens with one attached hydrogen (secondary N) is 1. The third kappa shape index (κ3) is 3.96. The van der Waals surface area contributed by atoms with Crippen molar-refractivity contribution in [3.63, 3.8) is 0 Å².